The van der Waals surface area contributed by atoms with Crippen LogP contribution in [0.1, 0.15) is 53.3 Å². The Morgan fingerprint density at radius 1 is 1.09 bits per heavy atom. The lowest BCUT2D eigenvalue weighted by atomic mass is 10.0. The van der Waals surface area contributed by atoms with E-state index in [9.17, 15) is 24.0 Å². The second-order valence-electron chi connectivity index (χ2n) is 7.84. The number of unbranched alkanes of at least 4 members (excludes halogenated alkanes) is 1. The summed E-state index contributed by atoms with van der Waals surface area (Å²) in [6, 6.07) is 3.85. The van der Waals surface area contributed by atoms with Crippen LogP contribution in [0.5, 0.6) is 0 Å². The lowest BCUT2D eigenvalue weighted by Crippen LogP contribution is -2.54. The highest BCUT2D eigenvalue weighted by molar-refractivity contribution is 6.25. The average molecular weight is 475 g/mol. The van der Waals surface area contributed by atoms with Gasteiger partial charge in [0.1, 0.15) is 12.6 Å². The van der Waals surface area contributed by atoms with Crippen molar-refractivity contribution in [1.82, 2.24) is 10.2 Å². The zero-order valence-electron chi connectivity index (χ0n) is 19.1. The van der Waals surface area contributed by atoms with Gasteiger partial charge in [-0.05, 0) is 25.0 Å². The molecule has 2 aliphatic heterocycles. The molecule has 0 spiro atoms. The molecular weight excluding hydrogens is 446 g/mol. The highest BCUT2D eigenvalue weighted by Gasteiger charge is 2.45. The minimum atomic E-state index is -1.01. The van der Waals surface area contributed by atoms with Gasteiger partial charge in [-0.3, -0.25) is 29.4 Å². The summed E-state index contributed by atoms with van der Waals surface area (Å²) in [6.45, 7) is 3.44. The molecule has 1 saturated heterocycles. The van der Waals surface area contributed by atoms with Gasteiger partial charge in [0.15, 0.2) is 0 Å². The summed E-state index contributed by atoms with van der Waals surface area (Å²) in [6.07, 6.45) is 1.94. The number of nitrogens with one attached hydrogen (secondary N) is 2. The van der Waals surface area contributed by atoms with Crippen LogP contribution < -0.4 is 10.6 Å². The van der Waals surface area contributed by atoms with E-state index in [1.165, 1.54) is 6.07 Å². The van der Waals surface area contributed by atoms with Crippen LogP contribution in [-0.4, -0.2) is 80.1 Å². The smallest absolute Gasteiger partial charge is 0.332 e. The van der Waals surface area contributed by atoms with Crippen molar-refractivity contribution in [3.05, 3.63) is 29.3 Å². The third-order valence-corrected chi connectivity index (χ3v) is 5.38. The Kier molecular flexibility index (Phi) is 9.11. The van der Waals surface area contributed by atoms with Gasteiger partial charge in [0.25, 0.3) is 11.8 Å². The Labute approximate surface area is 197 Å². The number of amides is 4. The van der Waals surface area contributed by atoms with Gasteiger partial charge in [0.2, 0.25) is 11.8 Å². The van der Waals surface area contributed by atoms with E-state index in [-0.39, 0.29) is 43.8 Å². The van der Waals surface area contributed by atoms with Crippen molar-refractivity contribution in [3.63, 3.8) is 0 Å². The third-order valence-electron chi connectivity index (χ3n) is 5.38. The molecule has 0 aromatic heterocycles. The molecule has 1 unspecified atom stereocenters. The van der Waals surface area contributed by atoms with Crippen LogP contribution in [0.15, 0.2) is 18.2 Å². The summed E-state index contributed by atoms with van der Waals surface area (Å²) in [5.41, 5.74) is 0.863. The monoisotopic (exact) mass is 475 g/mol. The number of fused-ring (bicyclic) bond motifs is 1. The molecule has 2 aliphatic rings. The SMILES string of the molecule is CCCCOC(=O)COCCOCCNc1cccc2c1C(=O)N(C1CCC(=O)NC1=O)C2=O. The molecule has 0 radical (unpaired) electrons. The van der Waals surface area contributed by atoms with Crippen LogP contribution in [-0.2, 0) is 28.6 Å². The van der Waals surface area contributed by atoms with Crippen molar-refractivity contribution in [2.24, 2.45) is 0 Å². The van der Waals surface area contributed by atoms with E-state index < -0.39 is 35.6 Å². The average Bonchev–Trinajstić information content (AvgIpc) is 3.06. The maximum absolute atomic E-state index is 13.0. The standard InChI is InChI=1S/C23H29N3O8/c1-2-3-10-34-19(28)14-33-13-12-32-11-9-24-16-6-4-5-15-20(16)23(31)26(22(15)30)17-7-8-18(27)25-21(17)29/h4-6,17,24H,2-3,7-14H2,1H3,(H,25,27,29). The molecule has 0 bridgehead atoms. The number of rotatable bonds is 13. The number of piperidine rings is 1. The van der Waals surface area contributed by atoms with Gasteiger partial charge in [0.05, 0.1) is 37.6 Å². The molecule has 11 heteroatoms. The van der Waals surface area contributed by atoms with Crippen molar-refractivity contribution in [3.8, 4) is 0 Å². The van der Waals surface area contributed by atoms with E-state index in [1.807, 2.05) is 6.92 Å². The number of hydrogen-bond acceptors (Lipinski definition) is 9. The van der Waals surface area contributed by atoms with E-state index in [1.54, 1.807) is 12.1 Å². The van der Waals surface area contributed by atoms with Gasteiger partial charge in [-0.1, -0.05) is 19.4 Å². The molecule has 4 amide bonds. The predicted molar refractivity (Wildman–Crippen MR) is 119 cm³/mol. The molecular formula is C23H29N3O8. The summed E-state index contributed by atoms with van der Waals surface area (Å²) in [7, 11) is 0. The molecule has 34 heavy (non-hydrogen) atoms. The number of ether oxygens (including phenoxy) is 3. The molecule has 1 aromatic rings. The van der Waals surface area contributed by atoms with E-state index in [4.69, 9.17) is 14.2 Å². The first-order chi connectivity index (χ1) is 16.4. The fourth-order valence-electron chi connectivity index (χ4n) is 3.67. The molecule has 0 aliphatic carbocycles. The second kappa shape index (κ2) is 12.2. The predicted octanol–water partition coefficient (Wildman–Crippen LogP) is 0.876. The van der Waals surface area contributed by atoms with Gasteiger partial charge in [0, 0.05) is 18.7 Å². The molecule has 1 atom stereocenters. The quantitative estimate of drug-likeness (QED) is 0.242. The molecule has 2 heterocycles. The number of nitrogens with zero attached hydrogens (tertiary/aromatic N) is 1. The zero-order chi connectivity index (χ0) is 24.5. The number of imide groups is 2. The topological polar surface area (TPSA) is 140 Å². The summed E-state index contributed by atoms with van der Waals surface area (Å²) in [5.74, 6) is -2.60. The maximum Gasteiger partial charge on any atom is 0.332 e. The van der Waals surface area contributed by atoms with Crippen LogP contribution in [0.3, 0.4) is 0 Å². The van der Waals surface area contributed by atoms with E-state index in [0.29, 0.717) is 25.4 Å². The molecule has 0 saturated carbocycles. The fraction of sp³-hybridized carbons (Fsp3) is 0.522. The van der Waals surface area contributed by atoms with Crippen molar-refractivity contribution in [1.29, 1.82) is 0 Å². The second-order valence-corrected chi connectivity index (χ2v) is 7.84. The largest absolute Gasteiger partial charge is 0.464 e. The minimum absolute atomic E-state index is 0.0655. The first-order valence-electron chi connectivity index (χ1n) is 11.3. The molecule has 1 fully saturated rings. The summed E-state index contributed by atoms with van der Waals surface area (Å²) in [4.78, 5) is 61.8. The Balaban J connectivity index is 1.43. The van der Waals surface area contributed by atoms with Crippen LogP contribution >= 0.6 is 0 Å². The lowest BCUT2D eigenvalue weighted by molar-refractivity contribution is -0.149. The molecule has 1 aromatic carbocycles. The highest BCUT2D eigenvalue weighted by Crippen LogP contribution is 2.32. The van der Waals surface area contributed by atoms with E-state index >= 15 is 0 Å². The highest BCUT2D eigenvalue weighted by atomic mass is 16.6. The summed E-state index contributed by atoms with van der Waals surface area (Å²) < 4.78 is 15.6. The normalized spacial score (nSPS) is 17.6. The number of esters is 1. The maximum atomic E-state index is 13.0. The van der Waals surface area contributed by atoms with Crippen LogP contribution in [0, 0.1) is 0 Å². The molecule has 11 nitrogen and oxygen atoms in total. The minimum Gasteiger partial charge on any atom is -0.464 e. The van der Waals surface area contributed by atoms with Gasteiger partial charge in [-0.2, -0.15) is 0 Å². The van der Waals surface area contributed by atoms with Crippen LogP contribution in [0.2, 0.25) is 0 Å². The number of anilines is 1. The van der Waals surface area contributed by atoms with Gasteiger partial charge in [-0.25, -0.2) is 4.79 Å². The number of carbonyl (C=O) groups excluding carboxylic acids is 5. The molecule has 3 rings (SSSR count). The van der Waals surface area contributed by atoms with Crippen molar-refractivity contribution in [2.75, 3.05) is 44.9 Å². The van der Waals surface area contributed by atoms with Crippen LogP contribution in [0.4, 0.5) is 5.69 Å². The first kappa shape index (κ1) is 25.3. The Hall–Kier alpha value is -3.31. The number of benzene rings is 1. The molecule has 184 valence electrons. The van der Waals surface area contributed by atoms with E-state index in [0.717, 1.165) is 17.7 Å². The summed E-state index contributed by atoms with van der Waals surface area (Å²) in [5, 5.41) is 5.26. The molecule has 2 N–H and O–H groups in total. The summed E-state index contributed by atoms with van der Waals surface area (Å²) >= 11 is 0. The van der Waals surface area contributed by atoms with Gasteiger partial charge < -0.3 is 19.5 Å². The van der Waals surface area contributed by atoms with Gasteiger partial charge >= 0.3 is 5.97 Å². The zero-order valence-corrected chi connectivity index (χ0v) is 19.1. The third kappa shape index (κ3) is 6.17. The Morgan fingerprint density at radius 2 is 1.88 bits per heavy atom. The fourth-order valence-corrected chi connectivity index (χ4v) is 3.67. The Bertz CT molecular complexity index is 948. The van der Waals surface area contributed by atoms with Crippen molar-refractivity contribution < 1.29 is 38.2 Å². The van der Waals surface area contributed by atoms with Gasteiger partial charge in [-0.15, -0.1) is 0 Å². The van der Waals surface area contributed by atoms with Crippen molar-refractivity contribution in [2.45, 2.75) is 38.6 Å². The first-order valence-corrected chi connectivity index (χ1v) is 11.3. The number of carbonyl (C=O) groups is 5. The van der Waals surface area contributed by atoms with Crippen LogP contribution in [0.25, 0.3) is 0 Å². The van der Waals surface area contributed by atoms with E-state index in [2.05, 4.69) is 10.6 Å². The number of hydrogen-bond donors (Lipinski definition) is 2. The van der Waals surface area contributed by atoms with Crippen molar-refractivity contribution >= 4 is 35.3 Å². The Morgan fingerprint density at radius 3 is 2.65 bits per heavy atom. The lowest BCUT2D eigenvalue weighted by Gasteiger charge is -2.27.